The van der Waals surface area contributed by atoms with Gasteiger partial charge < -0.3 is 5.73 Å². The van der Waals surface area contributed by atoms with Crippen LogP contribution < -0.4 is 10.0 Å². The number of anilines is 1. The maximum Gasteiger partial charge on any atom is 0.273 e. The molecule has 2 aromatic rings. The second-order valence-corrected chi connectivity index (χ2v) is 7.60. The van der Waals surface area contributed by atoms with E-state index in [-0.39, 0.29) is 0 Å². The van der Waals surface area contributed by atoms with Crippen LogP contribution in [0.15, 0.2) is 40.6 Å². The van der Waals surface area contributed by atoms with Crippen molar-refractivity contribution >= 4 is 27.0 Å². The molecule has 0 aliphatic carbocycles. The van der Waals surface area contributed by atoms with Crippen molar-refractivity contribution in [1.29, 1.82) is 0 Å². The van der Waals surface area contributed by atoms with Gasteiger partial charge in [0.2, 0.25) is 0 Å². The molecule has 0 radical (unpaired) electrons. The molecule has 0 saturated heterocycles. The average molecular weight is 296 g/mol. The summed E-state index contributed by atoms with van der Waals surface area (Å²) < 4.78 is 26.6. The third-order valence-electron chi connectivity index (χ3n) is 2.82. The van der Waals surface area contributed by atoms with E-state index in [4.69, 9.17) is 5.73 Å². The highest BCUT2D eigenvalue weighted by Gasteiger charge is 2.23. The molecule has 0 bridgehead atoms. The van der Waals surface area contributed by atoms with Crippen LogP contribution in [-0.4, -0.2) is 15.5 Å². The monoisotopic (exact) mass is 296 g/mol. The molecule has 4 nitrogen and oxygen atoms in total. The minimum absolute atomic E-state index is 0.317. The molecule has 0 fully saturated rings. The summed E-state index contributed by atoms with van der Waals surface area (Å²) >= 11 is 1.21. The minimum Gasteiger partial charge on any atom is -0.326 e. The van der Waals surface area contributed by atoms with Crippen LogP contribution in [0, 0.1) is 6.92 Å². The van der Waals surface area contributed by atoms with E-state index in [2.05, 4.69) is 0 Å². The maximum atomic E-state index is 12.5. The summed E-state index contributed by atoms with van der Waals surface area (Å²) in [4.78, 5) is 0.858. The number of sulfonamides is 1. The highest BCUT2D eigenvalue weighted by atomic mass is 32.2. The fourth-order valence-electron chi connectivity index (χ4n) is 1.70. The third kappa shape index (κ3) is 2.80. The van der Waals surface area contributed by atoms with E-state index in [0.29, 0.717) is 16.4 Å². The Morgan fingerprint density at radius 2 is 2.00 bits per heavy atom. The molecule has 6 heteroatoms. The van der Waals surface area contributed by atoms with Gasteiger partial charge in [-0.1, -0.05) is 12.1 Å². The summed E-state index contributed by atoms with van der Waals surface area (Å²) in [7, 11) is -1.94. The smallest absolute Gasteiger partial charge is 0.273 e. The molecule has 1 aromatic carbocycles. The second kappa shape index (κ2) is 5.32. The average Bonchev–Trinajstić information content (AvgIpc) is 2.87. The van der Waals surface area contributed by atoms with Crippen LogP contribution in [0.25, 0.3) is 0 Å². The van der Waals surface area contributed by atoms with Crippen LogP contribution in [0.3, 0.4) is 0 Å². The van der Waals surface area contributed by atoms with Gasteiger partial charge in [-0.2, -0.15) is 0 Å². The first-order valence-corrected chi connectivity index (χ1v) is 8.05. The Kier molecular flexibility index (Phi) is 3.93. The van der Waals surface area contributed by atoms with Crippen molar-refractivity contribution in [3.8, 4) is 0 Å². The van der Waals surface area contributed by atoms with E-state index < -0.39 is 10.0 Å². The Labute approximate surface area is 117 Å². The molecule has 2 rings (SSSR count). The number of nitrogens with zero attached hydrogens (tertiary/aromatic N) is 1. The summed E-state index contributed by atoms with van der Waals surface area (Å²) in [5.41, 5.74) is 7.19. The Balaban J connectivity index is 2.39. The number of nitrogens with two attached hydrogens (primary N) is 1. The number of hydrogen-bond donors (Lipinski definition) is 1. The Morgan fingerprint density at radius 1 is 1.26 bits per heavy atom. The molecule has 0 atom stereocenters. The first-order chi connectivity index (χ1) is 8.95. The van der Waals surface area contributed by atoms with Crippen molar-refractivity contribution in [3.63, 3.8) is 0 Å². The molecule has 1 heterocycles. The lowest BCUT2D eigenvalue weighted by atomic mass is 10.2. The predicted octanol–water partition coefficient (Wildman–Crippen LogP) is 2.34. The third-order valence-corrected chi connectivity index (χ3v) is 6.18. The lowest BCUT2D eigenvalue weighted by Gasteiger charge is -2.18. The van der Waals surface area contributed by atoms with E-state index >= 15 is 0 Å². The Morgan fingerprint density at radius 3 is 2.58 bits per heavy atom. The van der Waals surface area contributed by atoms with E-state index in [1.165, 1.54) is 15.6 Å². The molecule has 2 N–H and O–H groups in total. The van der Waals surface area contributed by atoms with Gasteiger partial charge in [0.1, 0.15) is 4.21 Å². The summed E-state index contributed by atoms with van der Waals surface area (Å²) in [6.45, 7) is 2.29. The highest BCUT2D eigenvalue weighted by Crippen LogP contribution is 2.27. The van der Waals surface area contributed by atoms with Gasteiger partial charge >= 0.3 is 0 Å². The molecular formula is C13H16N2O2S2. The molecular weight excluding hydrogens is 280 g/mol. The summed E-state index contributed by atoms with van der Waals surface area (Å²) in [6, 6.07) is 10.8. The van der Waals surface area contributed by atoms with Crippen LogP contribution in [0.5, 0.6) is 0 Å². The predicted molar refractivity (Wildman–Crippen MR) is 79.0 cm³/mol. The zero-order chi connectivity index (χ0) is 14.0. The van der Waals surface area contributed by atoms with Gasteiger partial charge in [-0.15, -0.1) is 11.3 Å². The van der Waals surface area contributed by atoms with Crippen LogP contribution in [0.4, 0.5) is 5.69 Å². The highest BCUT2D eigenvalue weighted by molar-refractivity contribution is 7.94. The van der Waals surface area contributed by atoms with E-state index in [9.17, 15) is 8.42 Å². The first-order valence-electron chi connectivity index (χ1n) is 5.79. The lowest BCUT2D eigenvalue weighted by molar-refractivity contribution is 0.596. The van der Waals surface area contributed by atoms with Crippen LogP contribution in [0.1, 0.15) is 10.4 Å². The molecule has 0 saturated carbocycles. The standard InChI is InChI=1S/C13H16N2O2S2/c1-10-4-3-5-11(8-10)15(2)19(16,17)13-7-6-12(9-14)18-13/h3-8H,9,14H2,1-2H3. The molecule has 102 valence electrons. The normalized spacial score (nSPS) is 11.5. The van der Waals surface area contributed by atoms with E-state index in [0.717, 1.165) is 10.4 Å². The lowest BCUT2D eigenvalue weighted by Crippen LogP contribution is -2.25. The van der Waals surface area contributed by atoms with Gasteiger partial charge in [0, 0.05) is 18.5 Å². The van der Waals surface area contributed by atoms with E-state index in [1.54, 1.807) is 25.2 Å². The number of benzene rings is 1. The molecule has 0 amide bonds. The number of rotatable bonds is 4. The molecule has 0 aliphatic rings. The molecule has 0 unspecified atom stereocenters. The first kappa shape index (κ1) is 14.0. The number of hydrogen-bond acceptors (Lipinski definition) is 4. The van der Waals surface area contributed by atoms with Crippen molar-refractivity contribution in [1.82, 2.24) is 0 Å². The molecule has 19 heavy (non-hydrogen) atoms. The summed E-state index contributed by atoms with van der Waals surface area (Å²) in [5.74, 6) is 0. The van der Waals surface area contributed by atoms with Gasteiger partial charge in [-0.05, 0) is 36.8 Å². The summed E-state index contributed by atoms with van der Waals surface area (Å²) in [6.07, 6.45) is 0. The molecule has 1 aromatic heterocycles. The van der Waals surface area contributed by atoms with Crippen molar-refractivity contribution in [2.75, 3.05) is 11.4 Å². The topological polar surface area (TPSA) is 63.4 Å². The van der Waals surface area contributed by atoms with Crippen LogP contribution in [-0.2, 0) is 16.6 Å². The van der Waals surface area contributed by atoms with Gasteiger partial charge in [0.15, 0.2) is 0 Å². The minimum atomic E-state index is -3.50. The van der Waals surface area contributed by atoms with E-state index in [1.807, 2.05) is 25.1 Å². The largest absolute Gasteiger partial charge is 0.326 e. The van der Waals surface area contributed by atoms with Crippen molar-refractivity contribution in [3.05, 3.63) is 46.8 Å². The molecule has 0 aliphatic heterocycles. The van der Waals surface area contributed by atoms with Gasteiger partial charge in [-0.25, -0.2) is 8.42 Å². The Bertz CT molecular complexity index is 677. The SMILES string of the molecule is Cc1cccc(N(C)S(=O)(=O)c2ccc(CN)s2)c1. The van der Waals surface area contributed by atoms with Crippen molar-refractivity contribution in [2.45, 2.75) is 17.7 Å². The van der Waals surface area contributed by atoms with Gasteiger partial charge in [0.25, 0.3) is 10.0 Å². The van der Waals surface area contributed by atoms with Crippen molar-refractivity contribution in [2.24, 2.45) is 5.73 Å². The zero-order valence-electron chi connectivity index (χ0n) is 10.8. The maximum absolute atomic E-state index is 12.5. The Hall–Kier alpha value is -1.37. The van der Waals surface area contributed by atoms with Gasteiger partial charge in [0.05, 0.1) is 5.69 Å². The zero-order valence-corrected chi connectivity index (χ0v) is 12.5. The van der Waals surface area contributed by atoms with Crippen LogP contribution >= 0.6 is 11.3 Å². The number of aryl methyl sites for hydroxylation is 1. The van der Waals surface area contributed by atoms with Crippen LogP contribution in [0.2, 0.25) is 0 Å². The number of thiophene rings is 1. The fraction of sp³-hybridized carbons (Fsp3) is 0.231. The van der Waals surface area contributed by atoms with Gasteiger partial charge in [-0.3, -0.25) is 4.31 Å². The van der Waals surface area contributed by atoms with Crippen molar-refractivity contribution < 1.29 is 8.42 Å². The quantitative estimate of drug-likeness (QED) is 0.942. The summed E-state index contributed by atoms with van der Waals surface area (Å²) in [5, 5.41) is 0. The molecule has 0 spiro atoms. The fourth-order valence-corrected chi connectivity index (χ4v) is 4.30. The second-order valence-electron chi connectivity index (χ2n) is 4.24.